The Labute approximate surface area is 133 Å². The molecule has 2 aliphatic rings. The highest BCUT2D eigenvalue weighted by molar-refractivity contribution is 5.79. The predicted molar refractivity (Wildman–Crippen MR) is 82.6 cm³/mol. The SMILES string of the molecule is O=C1CO[C@H]2CN(c3ncccn3)C[C@H]2N1Cc1cccnc1. The zero-order valence-electron chi connectivity index (χ0n) is 12.6. The van der Waals surface area contributed by atoms with Crippen molar-refractivity contribution in [2.75, 3.05) is 24.6 Å². The Morgan fingerprint density at radius 2 is 2.04 bits per heavy atom. The molecule has 0 aromatic carbocycles. The second-order valence-corrected chi connectivity index (χ2v) is 5.75. The van der Waals surface area contributed by atoms with Gasteiger partial charge in [0, 0.05) is 44.4 Å². The summed E-state index contributed by atoms with van der Waals surface area (Å²) in [5, 5.41) is 0. The van der Waals surface area contributed by atoms with Gasteiger partial charge in [0.25, 0.3) is 0 Å². The van der Waals surface area contributed by atoms with Gasteiger partial charge in [-0.1, -0.05) is 6.07 Å². The van der Waals surface area contributed by atoms with E-state index in [1.807, 2.05) is 17.0 Å². The fraction of sp³-hybridized carbons (Fsp3) is 0.375. The largest absolute Gasteiger partial charge is 0.364 e. The molecule has 1 amide bonds. The number of fused-ring (bicyclic) bond motifs is 1. The van der Waals surface area contributed by atoms with Crippen molar-refractivity contribution in [3.63, 3.8) is 0 Å². The van der Waals surface area contributed by atoms with Crippen LogP contribution in [0.15, 0.2) is 43.0 Å². The lowest BCUT2D eigenvalue weighted by molar-refractivity contribution is -0.153. The van der Waals surface area contributed by atoms with Gasteiger partial charge in [0.15, 0.2) is 0 Å². The Balaban J connectivity index is 1.54. The first kappa shape index (κ1) is 14.1. The number of carbonyl (C=O) groups excluding carboxylic acids is 1. The summed E-state index contributed by atoms with van der Waals surface area (Å²) >= 11 is 0. The number of anilines is 1. The highest BCUT2D eigenvalue weighted by Crippen LogP contribution is 2.27. The van der Waals surface area contributed by atoms with E-state index in [9.17, 15) is 4.79 Å². The minimum atomic E-state index is -0.00632. The lowest BCUT2D eigenvalue weighted by Crippen LogP contribution is -2.53. The fourth-order valence-corrected chi connectivity index (χ4v) is 3.18. The number of carbonyl (C=O) groups is 1. The van der Waals surface area contributed by atoms with E-state index in [1.54, 1.807) is 30.9 Å². The number of pyridine rings is 1. The summed E-state index contributed by atoms with van der Waals surface area (Å²) < 4.78 is 5.73. The van der Waals surface area contributed by atoms with E-state index >= 15 is 0 Å². The predicted octanol–water partition coefficient (Wildman–Crippen LogP) is 0.488. The molecule has 0 saturated carbocycles. The molecule has 2 atom stereocenters. The molecule has 2 aliphatic heterocycles. The first-order chi connectivity index (χ1) is 11.3. The quantitative estimate of drug-likeness (QED) is 0.821. The average molecular weight is 311 g/mol. The summed E-state index contributed by atoms with van der Waals surface area (Å²) in [6.07, 6.45) is 6.98. The van der Waals surface area contributed by atoms with Crippen molar-refractivity contribution >= 4 is 11.9 Å². The van der Waals surface area contributed by atoms with Crippen LogP contribution in [-0.4, -0.2) is 57.6 Å². The minimum absolute atomic E-state index is 0.00632. The molecule has 0 bridgehead atoms. The molecule has 7 nitrogen and oxygen atoms in total. The molecule has 0 aliphatic carbocycles. The van der Waals surface area contributed by atoms with Crippen molar-refractivity contribution < 1.29 is 9.53 Å². The number of hydrogen-bond donors (Lipinski definition) is 0. The van der Waals surface area contributed by atoms with E-state index in [-0.39, 0.29) is 24.7 Å². The van der Waals surface area contributed by atoms with Gasteiger partial charge in [-0.25, -0.2) is 9.97 Å². The van der Waals surface area contributed by atoms with Crippen LogP contribution in [-0.2, 0) is 16.1 Å². The van der Waals surface area contributed by atoms with Gasteiger partial charge in [-0.2, -0.15) is 0 Å². The second-order valence-electron chi connectivity index (χ2n) is 5.75. The van der Waals surface area contributed by atoms with Crippen molar-refractivity contribution in [2.45, 2.75) is 18.7 Å². The number of rotatable bonds is 3. The monoisotopic (exact) mass is 311 g/mol. The summed E-state index contributed by atoms with van der Waals surface area (Å²) in [5.41, 5.74) is 1.02. The van der Waals surface area contributed by atoms with Crippen LogP contribution >= 0.6 is 0 Å². The van der Waals surface area contributed by atoms with Crippen LogP contribution in [0.25, 0.3) is 0 Å². The van der Waals surface area contributed by atoms with E-state index in [0.717, 1.165) is 5.56 Å². The molecule has 4 rings (SSSR count). The summed E-state index contributed by atoms with van der Waals surface area (Å²) in [4.78, 5) is 29.0. The number of amides is 1. The Morgan fingerprint density at radius 1 is 1.17 bits per heavy atom. The molecule has 0 N–H and O–H groups in total. The number of nitrogens with zero attached hydrogens (tertiary/aromatic N) is 5. The summed E-state index contributed by atoms with van der Waals surface area (Å²) in [6.45, 7) is 2.07. The smallest absolute Gasteiger partial charge is 0.249 e. The first-order valence-corrected chi connectivity index (χ1v) is 7.63. The third kappa shape index (κ3) is 2.75. The maximum Gasteiger partial charge on any atom is 0.249 e. The third-order valence-electron chi connectivity index (χ3n) is 4.29. The van der Waals surface area contributed by atoms with E-state index in [4.69, 9.17) is 4.74 Å². The van der Waals surface area contributed by atoms with Crippen molar-refractivity contribution in [1.29, 1.82) is 0 Å². The number of ether oxygens (including phenoxy) is 1. The number of morpholine rings is 1. The minimum Gasteiger partial charge on any atom is -0.364 e. The topological polar surface area (TPSA) is 71.5 Å². The van der Waals surface area contributed by atoms with Crippen molar-refractivity contribution in [2.24, 2.45) is 0 Å². The van der Waals surface area contributed by atoms with Crippen LogP contribution in [0.3, 0.4) is 0 Å². The zero-order valence-corrected chi connectivity index (χ0v) is 12.6. The number of aromatic nitrogens is 3. The maximum absolute atomic E-state index is 12.3. The van der Waals surface area contributed by atoms with E-state index in [1.165, 1.54) is 0 Å². The molecular formula is C16H17N5O2. The number of hydrogen-bond acceptors (Lipinski definition) is 6. The van der Waals surface area contributed by atoms with E-state index in [2.05, 4.69) is 19.9 Å². The van der Waals surface area contributed by atoms with Gasteiger partial charge in [0.1, 0.15) is 6.61 Å². The van der Waals surface area contributed by atoms with Crippen molar-refractivity contribution in [3.05, 3.63) is 48.5 Å². The standard InChI is InChI=1S/C16H17N5O2/c22-15-11-23-14-10-20(16-18-5-2-6-19-16)9-13(14)21(15)8-12-3-1-4-17-7-12/h1-7,13-14H,8-11H2/t13-,14+/m1/s1. The molecule has 0 spiro atoms. The lowest BCUT2D eigenvalue weighted by atomic mass is 10.1. The summed E-state index contributed by atoms with van der Waals surface area (Å²) in [7, 11) is 0. The fourth-order valence-electron chi connectivity index (χ4n) is 3.18. The Bertz CT molecular complexity index is 681. The van der Waals surface area contributed by atoms with Gasteiger partial charge < -0.3 is 14.5 Å². The van der Waals surface area contributed by atoms with Gasteiger partial charge in [-0.15, -0.1) is 0 Å². The van der Waals surface area contributed by atoms with Crippen LogP contribution in [0, 0.1) is 0 Å². The van der Waals surface area contributed by atoms with Gasteiger partial charge in [-0.3, -0.25) is 9.78 Å². The highest BCUT2D eigenvalue weighted by Gasteiger charge is 2.43. The van der Waals surface area contributed by atoms with Crippen LogP contribution < -0.4 is 4.90 Å². The first-order valence-electron chi connectivity index (χ1n) is 7.63. The summed E-state index contributed by atoms with van der Waals surface area (Å²) in [5.74, 6) is 0.699. The molecular weight excluding hydrogens is 294 g/mol. The zero-order chi connectivity index (χ0) is 15.6. The van der Waals surface area contributed by atoms with Crippen LogP contribution in [0.1, 0.15) is 5.56 Å². The maximum atomic E-state index is 12.3. The van der Waals surface area contributed by atoms with Crippen LogP contribution in [0.4, 0.5) is 5.95 Å². The summed E-state index contributed by atoms with van der Waals surface area (Å²) in [6, 6.07) is 5.68. The Kier molecular flexibility index (Phi) is 3.63. The normalized spacial score (nSPS) is 23.9. The highest BCUT2D eigenvalue weighted by atomic mass is 16.5. The van der Waals surface area contributed by atoms with Gasteiger partial charge in [0.05, 0.1) is 12.1 Å². The lowest BCUT2D eigenvalue weighted by Gasteiger charge is -2.36. The Morgan fingerprint density at radius 3 is 2.83 bits per heavy atom. The second kappa shape index (κ2) is 5.92. The molecule has 118 valence electrons. The average Bonchev–Trinajstić information content (AvgIpc) is 3.04. The Hall–Kier alpha value is -2.54. The molecule has 2 aromatic heterocycles. The molecule has 2 aromatic rings. The van der Waals surface area contributed by atoms with Gasteiger partial charge >= 0.3 is 0 Å². The third-order valence-corrected chi connectivity index (χ3v) is 4.29. The molecule has 2 saturated heterocycles. The molecule has 2 fully saturated rings. The molecule has 0 radical (unpaired) electrons. The van der Waals surface area contributed by atoms with Crippen molar-refractivity contribution in [1.82, 2.24) is 19.9 Å². The van der Waals surface area contributed by atoms with E-state index in [0.29, 0.717) is 25.6 Å². The van der Waals surface area contributed by atoms with Gasteiger partial charge in [0.2, 0.25) is 11.9 Å². The van der Waals surface area contributed by atoms with Gasteiger partial charge in [-0.05, 0) is 17.7 Å². The molecule has 4 heterocycles. The van der Waals surface area contributed by atoms with Crippen LogP contribution in [0.5, 0.6) is 0 Å². The molecule has 23 heavy (non-hydrogen) atoms. The van der Waals surface area contributed by atoms with Crippen LogP contribution in [0.2, 0.25) is 0 Å². The molecule has 0 unspecified atom stereocenters. The van der Waals surface area contributed by atoms with Crippen molar-refractivity contribution in [3.8, 4) is 0 Å². The molecule has 7 heteroatoms. The van der Waals surface area contributed by atoms with E-state index < -0.39 is 0 Å².